The summed E-state index contributed by atoms with van der Waals surface area (Å²) in [7, 11) is 3.05. The van der Waals surface area contributed by atoms with E-state index < -0.39 is 17.5 Å². The van der Waals surface area contributed by atoms with Gasteiger partial charge in [-0.2, -0.15) is 0 Å². The quantitative estimate of drug-likeness (QED) is 0.249. The lowest BCUT2D eigenvalue weighted by atomic mass is 9.99. The number of urea groups is 1. The number of carbonyl (C=O) groups excluding carboxylic acids is 3. The summed E-state index contributed by atoms with van der Waals surface area (Å²) in [6.07, 6.45) is 0. The van der Waals surface area contributed by atoms with E-state index >= 15 is 0 Å². The van der Waals surface area contributed by atoms with Crippen molar-refractivity contribution in [3.8, 4) is 17.6 Å². The lowest BCUT2D eigenvalue weighted by Gasteiger charge is -2.26. The van der Waals surface area contributed by atoms with E-state index in [1.807, 2.05) is 0 Å². The van der Waals surface area contributed by atoms with Crippen molar-refractivity contribution in [2.45, 2.75) is 12.1 Å². The maximum absolute atomic E-state index is 13.0. The molecule has 1 atom stereocenters. The van der Waals surface area contributed by atoms with E-state index in [-0.39, 0.29) is 19.2 Å². The number of amidine groups is 1. The first-order valence-electron chi connectivity index (χ1n) is 10.4. The van der Waals surface area contributed by atoms with E-state index in [9.17, 15) is 14.4 Å². The number of benzene rings is 2. The second kappa shape index (κ2) is 9.25. The summed E-state index contributed by atoms with van der Waals surface area (Å²) in [5, 5.41) is 4.81. The second-order valence-electron chi connectivity index (χ2n) is 7.79. The van der Waals surface area contributed by atoms with Gasteiger partial charge in [-0.15, -0.1) is 0 Å². The minimum atomic E-state index is -1.59. The van der Waals surface area contributed by atoms with Crippen LogP contribution in [0.15, 0.2) is 47.5 Å². The van der Waals surface area contributed by atoms with Gasteiger partial charge in [0.2, 0.25) is 5.54 Å². The molecule has 10 heteroatoms. The number of rotatable bonds is 6. The van der Waals surface area contributed by atoms with E-state index in [1.165, 1.54) is 19.1 Å². The molecule has 0 saturated carbocycles. The first kappa shape index (κ1) is 22.8. The highest BCUT2D eigenvalue weighted by Gasteiger charge is 2.48. The Kier molecular flexibility index (Phi) is 6.21. The molecule has 4 rings (SSSR count). The zero-order chi connectivity index (χ0) is 24.3. The van der Waals surface area contributed by atoms with E-state index in [2.05, 4.69) is 27.5 Å². The van der Waals surface area contributed by atoms with Crippen LogP contribution in [0, 0.1) is 11.8 Å². The van der Waals surface area contributed by atoms with Gasteiger partial charge in [0.25, 0.3) is 11.8 Å². The molecule has 0 spiro atoms. The molecule has 4 N–H and O–H groups in total. The van der Waals surface area contributed by atoms with Crippen molar-refractivity contribution in [1.82, 2.24) is 15.5 Å². The van der Waals surface area contributed by atoms with Crippen LogP contribution in [0.25, 0.3) is 0 Å². The number of hydrogen-bond acceptors (Lipinski definition) is 6. The summed E-state index contributed by atoms with van der Waals surface area (Å²) >= 11 is 0. The summed E-state index contributed by atoms with van der Waals surface area (Å²) in [6.45, 7) is 0.332. The SMILES string of the molecule is COC/N=C(\N)c1ccc(C#C[C@@]2(CN3Cc4ccc(OC)cc4C3=O)NC(=O)NC2=O)cc1. The minimum absolute atomic E-state index is 0.109. The van der Waals surface area contributed by atoms with Crippen molar-refractivity contribution < 1.29 is 23.9 Å². The Morgan fingerprint density at radius 3 is 2.59 bits per heavy atom. The molecule has 1 fully saturated rings. The summed E-state index contributed by atoms with van der Waals surface area (Å²) in [4.78, 5) is 43.2. The fraction of sp³-hybridized carbons (Fsp3) is 0.250. The molecule has 0 unspecified atom stereocenters. The van der Waals surface area contributed by atoms with Crippen LogP contribution in [0.5, 0.6) is 5.75 Å². The molecule has 34 heavy (non-hydrogen) atoms. The van der Waals surface area contributed by atoms with Gasteiger partial charge < -0.3 is 25.4 Å². The van der Waals surface area contributed by atoms with Crippen LogP contribution in [0.4, 0.5) is 4.79 Å². The number of carbonyl (C=O) groups is 3. The molecule has 174 valence electrons. The normalized spacial score (nSPS) is 19.3. The molecule has 0 aromatic heterocycles. The van der Waals surface area contributed by atoms with Gasteiger partial charge in [0.15, 0.2) is 0 Å². The molecule has 0 bridgehead atoms. The van der Waals surface area contributed by atoms with Crippen LogP contribution < -0.4 is 21.1 Å². The van der Waals surface area contributed by atoms with Gasteiger partial charge in [-0.05, 0) is 29.8 Å². The molecule has 2 aliphatic rings. The fourth-order valence-corrected chi connectivity index (χ4v) is 3.74. The number of amides is 4. The molecular formula is C24H23N5O5. The number of aliphatic imine (C=N–C) groups is 1. The molecule has 1 saturated heterocycles. The van der Waals surface area contributed by atoms with E-state index in [0.29, 0.717) is 34.8 Å². The van der Waals surface area contributed by atoms with Crippen molar-refractivity contribution >= 4 is 23.7 Å². The molecular weight excluding hydrogens is 438 g/mol. The summed E-state index contributed by atoms with van der Waals surface area (Å²) in [5.41, 5.74) is 6.91. The number of ether oxygens (including phenoxy) is 2. The molecule has 0 radical (unpaired) electrons. The number of nitrogens with two attached hydrogens (primary N) is 1. The highest BCUT2D eigenvalue weighted by Crippen LogP contribution is 2.28. The summed E-state index contributed by atoms with van der Waals surface area (Å²) < 4.78 is 10.1. The summed E-state index contributed by atoms with van der Waals surface area (Å²) in [6, 6.07) is 11.5. The third-order valence-electron chi connectivity index (χ3n) is 5.53. The lowest BCUT2D eigenvalue weighted by Crippen LogP contribution is -2.54. The number of hydrogen-bond donors (Lipinski definition) is 3. The molecule has 2 aromatic rings. The molecule has 2 aromatic carbocycles. The zero-order valence-electron chi connectivity index (χ0n) is 18.7. The Balaban J connectivity index is 1.58. The van der Waals surface area contributed by atoms with Gasteiger partial charge in [0.05, 0.1) is 13.7 Å². The Hall–Kier alpha value is -4.36. The van der Waals surface area contributed by atoms with Crippen LogP contribution >= 0.6 is 0 Å². The minimum Gasteiger partial charge on any atom is -0.497 e. The Morgan fingerprint density at radius 2 is 1.94 bits per heavy atom. The van der Waals surface area contributed by atoms with Crippen LogP contribution in [0.2, 0.25) is 0 Å². The largest absolute Gasteiger partial charge is 0.497 e. The van der Waals surface area contributed by atoms with Crippen molar-refractivity contribution in [2.24, 2.45) is 10.7 Å². The van der Waals surface area contributed by atoms with Gasteiger partial charge in [0, 0.05) is 30.3 Å². The second-order valence-corrected chi connectivity index (χ2v) is 7.79. The number of methoxy groups -OCH3 is 2. The first-order chi connectivity index (χ1) is 16.3. The maximum atomic E-state index is 13.0. The monoisotopic (exact) mass is 461 g/mol. The molecule has 2 aliphatic heterocycles. The maximum Gasteiger partial charge on any atom is 0.323 e. The standard InChI is InChI=1S/C24H23N5O5/c1-33-14-26-20(25)16-5-3-15(4-6-16)9-10-24(22(31)27-23(32)28-24)13-29-12-17-7-8-18(34-2)11-19(17)21(29)30/h3-8,11H,12-14H2,1-2H3,(H2,25,26)(H2,27,28,31,32)/t24-/m0/s1. The van der Waals surface area contributed by atoms with E-state index in [1.54, 1.807) is 42.5 Å². The van der Waals surface area contributed by atoms with Crippen molar-refractivity contribution in [3.63, 3.8) is 0 Å². The number of nitrogens with zero attached hydrogens (tertiary/aromatic N) is 2. The highest BCUT2D eigenvalue weighted by atomic mass is 16.5. The third-order valence-corrected chi connectivity index (χ3v) is 5.53. The average Bonchev–Trinajstić information content (AvgIpc) is 3.30. The molecule has 10 nitrogen and oxygen atoms in total. The van der Waals surface area contributed by atoms with Crippen molar-refractivity contribution in [3.05, 3.63) is 64.7 Å². The van der Waals surface area contributed by atoms with Crippen molar-refractivity contribution in [2.75, 3.05) is 27.5 Å². The predicted molar refractivity (Wildman–Crippen MR) is 123 cm³/mol. The van der Waals surface area contributed by atoms with Crippen molar-refractivity contribution in [1.29, 1.82) is 0 Å². The number of fused-ring (bicyclic) bond motifs is 1. The zero-order valence-corrected chi connectivity index (χ0v) is 18.7. The number of nitrogens with one attached hydrogen (secondary N) is 2. The molecule has 4 amide bonds. The lowest BCUT2D eigenvalue weighted by molar-refractivity contribution is -0.122. The smallest absolute Gasteiger partial charge is 0.323 e. The van der Waals surface area contributed by atoms with Crippen LogP contribution in [-0.2, 0) is 16.1 Å². The summed E-state index contributed by atoms with van der Waals surface area (Å²) in [5.74, 6) is 5.81. The van der Waals surface area contributed by atoms with E-state index in [0.717, 1.165) is 5.56 Å². The van der Waals surface area contributed by atoms with Gasteiger partial charge in [-0.25, -0.2) is 9.79 Å². The highest BCUT2D eigenvalue weighted by molar-refractivity contribution is 6.10. The van der Waals surface area contributed by atoms with Crippen LogP contribution in [0.1, 0.15) is 27.0 Å². The first-order valence-corrected chi connectivity index (χ1v) is 10.4. The third kappa shape index (κ3) is 4.42. The van der Waals surface area contributed by atoms with Crippen LogP contribution in [-0.4, -0.2) is 61.6 Å². The Morgan fingerprint density at radius 1 is 1.18 bits per heavy atom. The van der Waals surface area contributed by atoms with Crippen LogP contribution in [0.3, 0.4) is 0 Å². The average molecular weight is 461 g/mol. The van der Waals surface area contributed by atoms with E-state index in [4.69, 9.17) is 15.2 Å². The Bertz CT molecular complexity index is 1240. The van der Waals surface area contributed by atoms with Gasteiger partial charge in [0.1, 0.15) is 18.3 Å². The fourth-order valence-electron chi connectivity index (χ4n) is 3.74. The van der Waals surface area contributed by atoms with Gasteiger partial charge >= 0.3 is 6.03 Å². The predicted octanol–water partition coefficient (Wildman–Crippen LogP) is 0.590. The molecule has 2 heterocycles. The molecule has 0 aliphatic carbocycles. The van der Waals surface area contributed by atoms with Gasteiger partial charge in [-0.1, -0.05) is 30.0 Å². The van der Waals surface area contributed by atoms with Gasteiger partial charge in [-0.3, -0.25) is 14.9 Å². The topological polar surface area (TPSA) is 135 Å². The number of imide groups is 1. The Labute approximate surface area is 196 Å².